The third-order valence-corrected chi connectivity index (χ3v) is 6.88. The number of carbonyl (C=O) groups excluding carboxylic acids is 1. The van der Waals surface area contributed by atoms with Crippen molar-refractivity contribution in [3.05, 3.63) is 54.9 Å². The lowest BCUT2D eigenvalue weighted by atomic mass is 10.1. The molecule has 3 heterocycles. The van der Waals surface area contributed by atoms with Crippen LogP contribution < -0.4 is 20.9 Å². The standard InChI is InChI=1S/C26H33N7O4S/c1-4-22-17-33(16-18(2)37-22)24-15-23(28-13-14-38(3,35)36)31-25(32-24)19-5-7-20(8-6-19)29-26(34)30-21-9-11-27-12-10-21/h5-12,15,18,22H,4,13-14,16-17H2,1-3H3,(H,28,31,32)(H2,27,29,30,34). The summed E-state index contributed by atoms with van der Waals surface area (Å²) in [6.07, 6.45) is 5.45. The third-order valence-electron chi connectivity index (χ3n) is 5.94. The van der Waals surface area contributed by atoms with Crippen molar-refractivity contribution >= 4 is 38.9 Å². The van der Waals surface area contributed by atoms with Crippen LogP contribution >= 0.6 is 0 Å². The monoisotopic (exact) mass is 539 g/mol. The predicted molar refractivity (Wildman–Crippen MR) is 149 cm³/mol. The smallest absolute Gasteiger partial charge is 0.323 e. The number of hydrogen-bond donors (Lipinski definition) is 3. The topological polar surface area (TPSA) is 138 Å². The molecule has 0 aliphatic carbocycles. The highest BCUT2D eigenvalue weighted by Crippen LogP contribution is 2.26. The molecule has 202 valence electrons. The Balaban J connectivity index is 1.54. The molecule has 2 amide bonds. The summed E-state index contributed by atoms with van der Waals surface area (Å²) in [5.41, 5.74) is 2.00. The van der Waals surface area contributed by atoms with Crippen LogP contribution in [0.15, 0.2) is 54.9 Å². The summed E-state index contributed by atoms with van der Waals surface area (Å²) in [5, 5.41) is 8.68. The number of nitrogens with one attached hydrogen (secondary N) is 3. The van der Waals surface area contributed by atoms with Crippen LogP contribution in [0.1, 0.15) is 20.3 Å². The molecule has 38 heavy (non-hydrogen) atoms. The number of hydrogen-bond acceptors (Lipinski definition) is 9. The minimum atomic E-state index is -3.12. The van der Waals surface area contributed by atoms with Crippen LogP contribution in [0.25, 0.3) is 11.4 Å². The summed E-state index contributed by atoms with van der Waals surface area (Å²) in [7, 11) is -3.12. The highest BCUT2D eigenvalue weighted by atomic mass is 32.2. The van der Waals surface area contributed by atoms with Crippen LogP contribution in [-0.4, -0.2) is 73.3 Å². The van der Waals surface area contributed by atoms with E-state index in [-0.39, 0.29) is 30.5 Å². The van der Waals surface area contributed by atoms with Gasteiger partial charge in [0.15, 0.2) is 5.82 Å². The number of rotatable bonds is 9. The molecule has 1 fully saturated rings. The Bertz CT molecular complexity index is 1340. The van der Waals surface area contributed by atoms with Gasteiger partial charge in [0.1, 0.15) is 21.5 Å². The van der Waals surface area contributed by atoms with Gasteiger partial charge in [0.25, 0.3) is 0 Å². The van der Waals surface area contributed by atoms with E-state index in [0.717, 1.165) is 17.8 Å². The van der Waals surface area contributed by atoms with Gasteiger partial charge in [0, 0.05) is 61.3 Å². The van der Waals surface area contributed by atoms with E-state index in [1.54, 1.807) is 36.7 Å². The first-order valence-corrected chi connectivity index (χ1v) is 14.5. The number of aromatic nitrogens is 3. The first-order chi connectivity index (χ1) is 18.2. The summed E-state index contributed by atoms with van der Waals surface area (Å²) < 4.78 is 29.2. The molecular formula is C26H33N7O4S. The number of pyridine rings is 1. The second-order valence-electron chi connectivity index (χ2n) is 9.27. The highest BCUT2D eigenvalue weighted by molar-refractivity contribution is 7.90. The number of ether oxygens (including phenoxy) is 1. The summed E-state index contributed by atoms with van der Waals surface area (Å²) >= 11 is 0. The Morgan fingerprint density at radius 2 is 1.74 bits per heavy atom. The summed E-state index contributed by atoms with van der Waals surface area (Å²) in [4.78, 5) is 27.9. The average Bonchev–Trinajstić information content (AvgIpc) is 2.88. The molecule has 4 rings (SSSR count). The van der Waals surface area contributed by atoms with Crippen molar-refractivity contribution in [1.82, 2.24) is 15.0 Å². The molecule has 3 aromatic rings. The van der Waals surface area contributed by atoms with Crippen LogP contribution in [0.5, 0.6) is 0 Å². The van der Waals surface area contributed by atoms with Gasteiger partial charge in [0.2, 0.25) is 0 Å². The van der Waals surface area contributed by atoms with E-state index in [1.165, 1.54) is 6.26 Å². The van der Waals surface area contributed by atoms with Gasteiger partial charge in [-0.05, 0) is 49.7 Å². The van der Waals surface area contributed by atoms with Gasteiger partial charge < -0.3 is 25.6 Å². The predicted octanol–water partition coefficient (Wildman–Crippen LogP) is 3.64. The zero-order valence-corrected chi connectivity index (χ0v) is 22.5. The Morgan fingerprint density at radius 1 is 1.05 bits per heavy atom. The van der Waals surface area contributed by atoms with Gasteiger partial charge in [-0.1, -0.05) is 6.92 Å². The van der Waals surface area contributed by atoms with Crippen molar-refractivity contribution in [2.45, 2.75) is 32.5 Å². The van der Waals surface area contributed by atoms with Gasteiger partial charge in [-0.15, -0.1) is 0 Å². The zero-order valence-electron chi connectivity index (χ0n) is 21.7. The van der Waals surface area contributed by atoms with Gasteiger partial charge in [-0.2, -0.15) is 0 Å². The van der Waals surface area contributed by atoms with Crippen LogP contribution in [0.3, 0.4) is 0 Å². The van der Waals surface area contributed by atoms with Crippen LogP contribution in [0, 0.1) is 0 Å². The van der Waals surface area contributed by atoms with Gasteiger partial charge in [-0.3, -0.25) is 4.98 Å². The lowest BCUT2D eigenvalue weighted by molar-refractivity contribution is -0.0174. The number of carbonyl (C=O) groups is 1. The average molecular weight is 540 g/mol. The largest absolute Gasteiger partial charge is 0.372 e. The van der Waals surface area contributed by atoms with Crippen LogP contribution in [0.2, 0.25) is 0 Å². The molecule has 1 saturated heterocycles. The molecule has 0 bridgehead atoms. The second kappa shape index (κ2) is 12.2. The number of sulfone groups is 1. The van der Waals surface area contributed by atoms with Crippen molar-refractivity contribution in [2.24, 2.45) is 0 Å². The molecule has 0 radical (unpaired) electrons. The Morgan fingerprint density at radius 3 is 2.39 bits per heavy atom. The van der Waals surface area contributed by atoms with Crippen LogP contribution in [-0.2, 0) is 14.6 Å². The van der Waals surface area contributed by atoms with Crippen molar-refractivity contribution in [3.8, 4) is 11.4 Å². The number of morpholine rings is 1. The zero-order chi connectivity index (χ0) is 27.1. The molecule has 1 aliphatic rings. The molecular weight excluding hydrogens is 506 g/mol. The number of urea groups is 1. The molecule has 2 atom stereocenters. The summed E-state index contributed by atoms with van der Waals surface area (Å²) in [5.74, 6) is 1.77. The molecule has 0 spiro atoms. The molecule has 2 unspecified atom stereocenters. The summed E-state index contributed by atoms with van der Waals surface area (Å²) in [6.45, 7) is 5.76. The quantitative estimate of drug-likeness (QED) is 0.372. The van der Waals surface area contributed by atoms with E-state index in [9.17, 15) is 13.2 Å². The highest BCUT2D eigenvalue weighted by Gasteiger charge is 2.26. The number of anilines is 4. The van der Waals surface area contributed by atoms with Crippen molar-refractivity contribution < 1.29 is 17.9 Å². The van der Waals surface area contributed by atoms with Crippen LogP contribution in [0.4, 0.5) is 27.8 Å². The molecule has 3 N–H and O–H groups in total. The van der Waals surface area contributed by atoms with Gasteiger partial charge in [0.05, 0.1) is 18.0 Å². The maximum Gasteiger partial charge on any atom is 0.323 e. The van der Waals surface area contributed by atoms with E-state index in [4.69, 9.17) is 9.72 Å². The van der Waals surface area contributed by atoms with E-state index >= 15 is 0 Å². The Kier molecular flexibility index (Phi) is 8.74. The number of nitrogens with zero attached hydrogens (tertiary/aromatic N) is 4. The first kappa shape index (κ1) is 27.3. The normalized spacial score (nSPS) is 17.6. The Hall–Kier alpha value is -3.77. The van der Waals surface area contributed by atoms with E-state index in [0.29, 0.717) is 36.1 Å². The molecule has 12 heteroatoms. The molecule has 11 nitrogen and oxygen atoms in total. The fraction of sp³-hybridized carbons (Fsp3) is 0.385. The number of benzene rings is 1. The maximum atomic E-state index is 12.3. The third kappa shape index (κ3) is 7.86. The Labute approximate surface area is 223 Å². The molecule has 2 aromatic heterocycles. The minimum absolute atomic E-state index is 0.00388. The lowest BCUT2D eigenvalue weighted by Gasteiger charge is -2.37. The van der Waals surface area contributed by atoms with E-state index in [1.807, 2.05) is 25.1 Å². The summed E-state index contributed by atoms with van der Waals surface area (Å²) in [6, 6.07) is 12.1. The fourth-order valence-electron chi connectivity index (χ4n) is 4.07. The molecule has 0 saturated carbocycles. The maximum absolute atomic E-state index is 12.3. The fourth-order valence-corrected chi connectivity index (χ4v) is 4.54. The molecule has 1 aromatic carbocycles. The first-order valence-electron chi connectivity index (χ1n) is 12.5. The lowest BCUT2D eigenvalue weighted by Crippen LogP contribution is -2.46. The SMILES string of the molecule is CCC1CN(c2cc(NCCS(C)(=O)=O)nc(-c3ccc(NC(=O)Nc4ccncc4)cc3)n2)CC(C)O1. The number of amides is 2. The minimum Gasteiger partial charge on any atom is -0.372 e. The van der Waals surface area contributed by atoms with Crippen molar-refractivity contribution in [3.63, 3.8) is 0 Å². The van der Waals surface area contributed by atoms with Crippen molar-refractivity contribution in [2.75, 3.05) is 52.5 Å². The van der Waals surface area contributed by atoms with Gasteiger partial charge in [-0.25, -0.2) is 23.2 Å². The van der Waals surface area contributed by atoms with Gasteiger partial charge >= 0.3 is 6.03 Å². The second-order valence-corrected chi connectivity index (χ2v) is 11.5. The van der Waals surface area contributed by atoms with E-state index < -0.39 is 9.84 Å². The van der Waals surface area contributed by atoms with E-state index in [2.05, 4.69) is 37.7 Å². The molecule has 1 aliphatic heterocycles. The van der Waals surface area contributed by atoms with Crippen molar-refractivity contribution in [1.29, 1.82) is 0 Å².